The molecule has 0 aromatic rings. The SMILES string of the molecule is COCCC1(O)CCCC[C@@H]1N. The highest BCUT2D eigenvalue weighted by molar-refractivity contribution is 4.92. The van der Waals surface area contributed by atoms with E-state index in [-0.39, 0.29) is 6.04 Å². The fourth-order valence-electron chi connectivity index (χ4n) is 1.84. The first-order valence-electron chi connectivity index (χ1n) is 4.66. The number of rotatable bonds is 3. The molecule has 0 saturated heterocycles. The molecule has 0 amide bonds. The zero-order valence-electron chi connectivity index (χ0n) is 7.75. The summed E-state index contributed by atoms with van der Waals surface area (Å²) in [6.07, 6.45) is 4.69. The second kappa shape index (κ2) is 4.21. The Bertz CT molecular complexity index is 140. The molecule has 72 valence electrons. The van der Waals surface area contributed by atoms with Gasteiger partial charge in [-0.25, -0.2) is 0 Å². The molecule has 1 fully saturated rings. The Kier molecular flexibility index (Phi) is 3.50. The quantitative estimate of drug-likeness (QED) is 0.659. The molecule has 0 spiro atoms. The molecule has 0 aromatic carbocycles. The van der Waals surface area contributed by atoms with E-state index in [1.165, 1.54) is 0 Å². The first-order valence-corrected chi connectivity index (χ1v) is 4.66. The van der Waals surface area contributed by atoms with E-state index >= 15 is 0 Å². The van der Waals surface area contributed by atoms with E-state index in [1.807, 2.05) is 0 Å². The summed E-state index contributed by atoms with van der Waals surface area (Å²) >= 11 is 0. The highest BCUT2D eigenvalue weighted by atomic mass is 16.5. The van der Waals surface area contributed by atoms with Crippen molar-refractivity contribution < 1.29 is 9.84 Å². The van der Waals surface area contributed by atoms with Crippen LogP contribution in [0.3, 0.4) is 0 Å². The van der Waals surface area contributed by atoms with Crippen molar-refractivity contribution in [3.63, 3.8) is 0 Å². The van der Waals surface area contributed by atoms with E-state index in [2.05, 4.69) is 0 Å². The molecule has 0 aromatic heterocycles. The Morgan fingerprint density at radius 3 is 2.92 bits per heavy atom. The Hall–Kier alpha value is -0.120. The maximum absolute atomic E-state index is 10.1. The second-order valence-electron chi connectivity index (χ2n) is 3.70. The lowest BCUT2D eigenvalue weighted by Crippen LogP contribution is -2.50. The van der Waals surface area contributed by atoms with Crippen LogP contribution >= 0.6 is 0 Å². The van der Waals surface area contributed by atoms with E-state index in [4.69, 9.17) is 10.5 Å². The average molecular weight is 173 g/mol. The van der Waals surface area contributed by atoms with Gasteiger partial charge >= 0.3 is 0 Å². The van der Waals surface area contributed by atoms with Gasteiger partial charge in [-0.15, -0.1) is 0 Å². The van der Waals surface area contributed by atoms with Gasteiger partial charge in [0.1, 0.15) is 0 Å². The summed E-state index contributed by atoms with van der Waals surface area (Å²) in [6.45, 7) is 0.601. The number of ether oxygens (including phenoxy) is 1. The first-order chi connectivity index (χ1) is 5.69. The van der Waals surface area contributed by atoms with Crippen molar-refractivity contribution in [1.82, 2.24) is 0 Å². The van der Waals surface area contributed by atoms with Crippen LogP contribution < -0.4 is 5.73 Å². The van der Waals surface area contributed by atoms with Crippen molar-refractivity contribution in [2.75, 3.05) is 13.7 Å². The van der Waals surface area contributed by atoms with E-state index in [0.29, 0.717) is 13.0 Å². The van der Waals surface area contributed by atoms with Crippen molar-refractivity contribution in [2.45, 2.75) is 43.7 Å². The fraction of sp³-hybridized carbons (Fsp3) is 1.00. The number of hydrogen-bond donors (Lipinski definition) is 2. The van der Waals surface area contributed by atoms with Gasteiger partial charge in [0.25, 0.3) is 0 Å². The third-order valence-electron chi connectivity index (χ3n) is 2.80. The second-order valence-corrected chi connectivity index (χ2v) is 3.70. The van der Waals surface area contributed by atoms with E-state index < -0.39 is 5.60 Å². The van der Waals surface area contributed by atoms with Crippen LogP contribution in [-0.2, 0) is 4.74 Å². The maximum atomic E-state index is 10.1. The largest absolute Gasteiger partial charge is 0.388 e. The molecule has 0 bridgehead atoms. The minimum atomic E-state index is -0.658. The summed E-state index contributed by atoms with van der Waals surface area (Å²) in [7, 11) is 1.65. The van der Waals surface area contributed by atoms with Crippen LogP contribution in [0.2, 0.25) is 0 Å². The molecule has 0 radical (unpaired) electrons. The van der Waals surface area contributed by atoms with Crippen LogP contribution in [0.4, 0.5) is 0 Å². The van der Waals surface area contributed by atoms with Gasteiger partial charge in [-0.3, -0.25) is 0 Å². The van der Waals surface area contributed by atoms with E-state index in [0.717, 1.165) is 25.7 Å². The van der Waals surface area contributed by atoms with Crippen molar-refractivity contribution >= 4 is 0 Å². The highest BCUT2D eigenvalue weighted by Gasteiger charge is 2.35. The van der Waals surface area contributed by atoms with Crippen molar-refractivity contribution in [3.05, 3.63) is 0 Å². The van der Waals surface area contributed by atoms with Crippen LogP contribution in [-0.4, -0.2) is 30.5 Å². The lowest BCUT2D eigenvalue weighted by atomic mass is 9.79. The summed E-state index contributed by atoms with van der Waals surface area (Å²) < 4.78 is 4.94. The molecule has 1 unspecified atom stereocenters. The number of hydrogen-bond acceptors (Lipinski definition) is 3. The summed E-state index contributed by atoms with van der Waals surface area (Å²) in [5, 5.41) is 10.1. The topological polar surface area (TPSA) is 55.5 Å². The van der Waals surface area contributed by atoms with Gasteiger partial charge in [-0.2, -0.15) is 0 Å². The smallest absolute Gasteiger partial charge is 0.0819 e. The predicted octanol–water partition coefficient (Wildman–Crippen LogP) is 0.655. The predicted molar refractivity (Wildman–Crippen MR) is 47.9 cm³/mol. The summed E-state index contributed by atoms with van der Waals surface area (Å²) in [6, 6.07) is -0.0543. The number of methoxy groups -OCH3 is 1. The molecule has 3 nitrogen and oxygen atoms in total. The Morgan fingerprint density at radius 1 is 1.58 bits per heavy atom. The highest BCUT2D eigenvalue weighted by Crippen LogP contribution is 2.29. The fourth-order valence-corrected chi connectivity index (χ4v) is 1.84. The zero-order valence-corrected chi connectivity index (χ0v) is 7.75. The summed E-state index contributed by atoms with van der Waals surface area (Å²) in [5.41, 5.74) is 5.19. The zero-order chi connectivity index (χ0) is 9.03. The molecular formula is C9H19NO2. The van der Waals surface area contributed by atoms with Gasteiger partial charge in [0.05, 0.1) is 5.60 Å². The van der Waals surface area contributed by atoms with Gasteiger partial charge in [0.2, 0.25) is 0 Å². The molecule has 1 aliphatic carbocycles. The summed E-state index contributed by atoms with van der Waals surface area (Å²) in [5.74, 6) is 0. The summed E-state index contributed by atoms with van der Waals surface area (Å²) in [4.78, 5) is 0. The van der Waals surface area contributed by atoms with E-state index in [1.54, 1.807) is 7.11 Å². The molecular weight excluding hydrogens is 154 g/mol. The van der Waals surface area contributed by atoms with Crippen molar-refractivity contribution in [1.29, 1.82) is 0 Å². The lowest BCUT2D eigenvalue weighted by molar-refractivity contribution is -0.0370. The van der Waals surface area contributed by atoms with Crippen LogP contribution in [0.5, 0.6) is 0 Å². The van der Waals surface area contributed by atoms with Crippen LogP contribution in [0, 0.1) is 0 Å². The van der Waals surface area contributed by atoms with Crippen LogP contribution in [0.25, 0.3) is 0 Å². The molecule has 0 aliphatic heterocycles. The van der Waals surface area contributed by atoms with Gasteiger partial charge in [-0.1, -0.05) is 12.8 Å². The molecule has 1 saturated carbocycles. The maximum Gasteiger partial charge on any atom is 0.0819 e. The standard InChI is InChI=1S/C9H19NO2/c1-12-7-6-9(11)5-3-2-4-8(9)10/h8,11H,2-7,10H2,1H3/t8-,9?/m0/s1. The molecule has 1 aliphatic rings. The lowest BCUT2D eigenvalue weighted by Gasteiger charge is -2.37. The molecule has 0 heterocycles. The molecule has 2 atom stereocenters. The molecule has 3 heteroatoms. The van der Waals surface area contributed by atoms with Gasteiger partial charge in [0, 0.05) is 26.2 Å². The van der Waals surface area contributed by atoms with Gasteiger partial charge in [-0.05, 0) is 12.8 Å². The number of nitrogens with two attached hydrogens (primary N) is 1. The van der Waals surface area contributed by atoms with Gasteiger partial charge < -0.3 is 15.6 Å². The molecule has 3 N–H and O–H groups in total. The minimum absolute atomic E-state index is 0.0543. The monoisotopic (exact) mass is 173 g/mol. The Morgan fingerprint density at radius 2 is 2.33 bits per heavy atom. The normalized spacial score (nSPS) is 36.8. The van der Waals surface area contributed by atoms with Gasteiger partial charge in [0.15, 0.2) is 0 Å². The minimum Gasteiger partial charge on any atom is -0.388 e. The molecule has 1 rings (SSSR count). The van der Waals surface area contributed by atoms with E-state index in [9.17, 15) is 5.11 Å². The first kappa shape index (κ1) is 9.96. The van der Waals surface area contributed by atoms with Crippen LogP contribution in [0.15, 0.2) is 0 Å². The van der Waals surface area contributed by atoms with Crippen molar-refractivity contribution in [3.8, 4) is 0 Å². The third kappa shape index (κ3) is 2.19. The Labute approximate surface area is 73.9 Å². The van der Waals surface area contributed by atoms with Crippen LogP contribution in [0.1, 0.15) is 32.1 Å². The number of aliphatic hydroxyl groups is 1. The van der Waals surface area contributed by atoms with Crippen molar-refractivity contribution in [2.24, 2.45) is 5.73 Å². The Balaban J connectivity index is 2.42. The molecule has 12 heavy (non-hydrogen) atoms. The third-order valence-corrected chi connectivity index (χ3v) is 2.80. The average Bonchev–Trinajstić information content (AvgIpc) is 2.07.